The molecule has 0 spiro atoms. The molecular weight excluding hydrogens is 212 g/mol. The highest BCUT2D eigenvalue weighted by atomic mass is 16.2. The highest BCUT2D eigenvalue weighted by Crippen LogP contribution is 2.40. The van der Waals surface area contributed by atoms with Crippen molar-refractivity contribution in [1.29, 1.82) is 0 Å². The molecule has 100 valence electrons. The van der Waals surface area contributed by atoms with Gasteiger partial charge in [-0.1, -0.05) is 40.5 Å². The maximum Gasteiger partial charge on any atom is 0.223 e. The molecule has 1 amide bonds. The molecular formula is C14H28N2O. The summed E-state index contributed by atoms with van der Waals surface area (Å²) in [6.07, 6.45) is 4.60. The average molecular weight is 240 g/mol. The van der Waals surface area contributed by atoms with E-state index in [1.165, 1.54) is 12.8 Å². The van der Waals surface area contributed by atoms with E-state index in [-0.39, 0.29) is 23.3 Å². The van der Waals surface area contributed by atoms with E-state index in [0.29, 0.717) is 12.5 Å². The van der Waals surface area contributed by atoms with E-state index in [0.717, 1.165) is 12.8 Å². The third-order valence-corrected chi connectivity index (χ3v) is 4.21. The van der Waals surface area contributed by atoms with Gasteiger partial charge in [-0.3, -0.25) is 4.79 Å². The van der Waals surface area contributed by atoms with Crippen LogP contribution in [0.4, 0.5) is 0 Å². The normalized spacial score (nSPS) is 25.6. The second kappa shape index (κ2) is 5.85. The molecule has 3 N–H and O–H groups in total. The van der Waals surface area contributed by atoms with Crippen molar-refractivity contribution < 1.29 is 4.79 Å². The molecule has 0 saturated heterocycles. The molecule has 17 heavy (non-hydrogen) atoms. The fourth-order valence-electron chi connectivity index (χ4n) is 2.76. The van der Waals surface area contributed by atoms with E-state index in [4.69, 9.17) is 5.73 Å². The lowest BCUT2D eigenvalue weighted by Gasteiger charge is -2.38. The molecule has 1 aliphatic carbocycles. The number of hydrogen-bond donors (Lipinski definition) is 2. The van der Waals surface area contributed by atoms with Crippen LogP contribution in [-0.2, 0) is 4.79 Å². The van der Waals surface area contributed by atoms with Crippen LogP contribution in [0.15, 0.2) is 0 Å². The summed E-state index contributed by atoms with van der Waals surface area (Å²) in [4.78, 5) is 12.3. The molecule has 0 aromatic heterocycles. The maximum atomic E-state index is 12.3. The Morgan fingerprint density at radius 2 is 2.06 bits per heavy atom. The lowest BCUT2D eigenvalue weighted by atomic mass is 9.68. The fraction of sp³-hybridized carbons (Fsp3) is 0.929. The molecule has 1 fully saturated rings. The quantitative estimate of drug-likeness (QED) is 0.792. The maximum absolute atomic E-state index is 12.3. The molecule has 0 heterocycles. The van der Waals surface area contributed by atoms with Crippen LogP contribution >= 0.6 is 0 Å². The molecule has 0 aromatic carbocycles. The van der Waals surface area contributed by atoms with Gasteiger partial charge < -0.3 is 11.1 Å². The average Bonchev–Trinajstić information content (AvgIpc) is 2.24. The van der Waals surface area contributed by atoms with Gasteiger partial charge in [-0.05, 0) is 24.2 Å². The van der Waals surface area contributed by atoms with Crippen LogP contribution in [0.25, 0.3) is 0 Å². The van der Waals surface area contributed by atoms with Crippen LogP contribution < -0.4 is 11.1 Å². The van der Waals surface area contributed by atoms with Crippen molar-refractivity contribution in [2.45, 2.75) is 59.4 Å². The first-order valence-electron chi connectivity index (χ1n) is 6.89. The first kappa shape index (κ1) is 14.5. The lowest BCUT2D eigenvalue weighted by molar-refractivity contribution is -0.131. The van der Waals surface area contributed by atoms with E-state index in [1.54, 1.807) is 0 Å². The van der Waals surface area contributed by atoms with E-state index < -0.39 is 0 Å². The molecule has 2 atom stereocenters. The monoisotopic (exact) mass is 240 g/mol. The third-order valence-electron chi connectivity index (χ3n) is 4.21. The van der Waals surface area contributed by atoms with Gasteiger partial charge in [-0.15, -0.1) is 0 Å². The molecule has 1 saturated carbocycles. The number of amides is 1. The van der Waals surface area contributed by atoms with Gasteiger partial charge in [0.05, 0.1) is 0 Å². The highest BCUT2D eigenvalue weighted by Gasteiger charge is 2.37. The van der Waals surface area contributed by atoms with Crippen molar-refractivity contribution >= 4 is 5.91 Å². The number of carbonyl (C=O) groups is 1. The summed E-state index contributed by atoms with van der Waals surface area (Å²) >= 11 is 0. The van der Waals surface area contributed by atoms with Crippen LogP contribution in [0, 0.1) is 17.3 Å². The molecule has 1 aliphatic rings. The first-order valence-corrected chi connectivity index (χ1v) is 6.89. The number of nitrogens with two attached hydrogens (primary N) is 1. The van der Waals surface area contributed by atoms with Gasteiger partial charge in [0.25, 0.3) is 0 Å². The molecule has 3 nitrogen and oxygen atoms in total. The van der Waals surface area contributed by atoms with E-state index in [9.17, 15) is 4.79 Å². The minimum Gasteiger partial charge on any atom is -0.352 e. The zero-order chi connectivity index (χ0) is 13.1. The van der Waals surface area contributed by atoms with Gasteiger partial charge in [0.2, 0.25) is 5.91 Å². The van der Waals surface area contributed by atoms with Crippen LogP contribution in [0.2, 0.25) is 0 Å². The lowest BCUT2D eigenvalue weighted by Crippen LogP contribution is -2.49. The molecule has 3 heteroatoms. The minimum atomic E-state index is 0.111. The first-order chi connectivity index (χ1) is 7.88. The molecule has 0 radical (unpaired) electrons. The second-order valence-electron chi connectivity index (χ2n) is 6.38. The van der Waals surface area contributed by atoms with Crippen molar-refractivity contribution in [2.75, 3.05) is 6.54 Å². The Bertz CT molecular complexity index is 261. The molecule has 0 bridgehead atoms. The van der Waals surface area contributed by atoms with E-state index in [1.807, 2.05) is 0 Å². The fourth-order valence-corrected chi connectivity index (χ4v) is 2.76. The molecule has 2 unspecified atom stereocenters. The van der Waals surface area contributed by atoms with Crippen LogP contribution in [0.1, 0.15) is 53.4 Å². The van der Waals surface area contributed by atoms with Gasteiger partial charge in [0, 0.05) is 18.5 Å². The van der Waals surface area contributed by atoms with Crippen LogP contribution in [0.3, 0.4) is 0 Å². The third kappa shape index (κ3) is 3.70. The standard InChI is InChI=1S/C14H28N2O/c1-10(2)12(9-15)16-13(17)11-7-5-6-8-14(11,3)4/h10-12H,5-9,15H2,1-4H3,(H,16,17). The summed E-state index contributed by atoms with van der Waals surface area (Å²) in [7, 11) is 0. The summed E-state index contributed by atoms with van der Waals surface area (Å²) in [5.74, 6) is 0.763. The van der Waals surface area contributed by atoms with E-state index >= 15 is 0 Å². The van der Waals surface area contributed by atoms with Crippen molar-refractivity contribution in [2.24, 2.45) is 23.0 Å². The van der Waals surface area contributed by atoms with Crippen LogP contribution in [0.5, 0.6) is 0 Å². The van der Waals surface area contributed by atoms with Gasteiger partial charge in [0.1, 0.15) is 0 Å². The predicted octanol–water partition coefficient (Wildman–Crippen LogP) is 2.30. The summed E-state index contributed by atoms with van der Waals surface area (Å²) < 4.78 is 0. The molecule has 0 aromatic rings. The molecule has 1 rings (SSSR count). The summed E-state index contributed by atoms with van der Waals surface area (Å²) in [5.41, 5.74) is 5.84. The zero-order valence-corrected chi connectivity index (χ0v) is 11.8. The topological polar surface area (TPSA) is 55.1 Å². The Kier molecular flexibility index (Phi) is 4.99. The minimum absolute atomic E-state index is 0.111. The summed E-state index contributed by atoms with van der Waals surface area (Å²) in [6, 6.07) is 0.111. The number of rotatable bonds is 4. The summed E-state index contributed by atoms with van der Waals surface area (Å²) in [5, 5.41) is 3.13. The van der Waals surface area contributed by atoms with Gasteiger partial charge in [-0.2, -0.15) is 0 Å². The number of carbonyl (C=O) groups excluding carboxylic acids is 1. The molecule has 0 aliphatic heterocycles. The SMILES string of the molecule is CC(C)C(CN)NC(=O)C1CCCCC1(C)C. The number of nitrogens with one attached hydrogen (secondary N) is 1. The van der Waals surface area contributed by atoms with E-state index in [2.05, 4.69) is 33.0 Å². The van der Waals surface area contributed by atoms with Crippen molar-refractivity contribution in [3.8, 4) is 0 Å². The van der Waals surface area contributed by atoms with Crippen molar-refractivity contribution in [1.82, 2.24) is 5.32 Å². The van der Waals surface area contributed by atoms with Gasteiger partial charge in [0.15, 0.2) is 0 Å². The Labute approximate surface area is 106 Å². The predicted molar refractivity (Wildman–Crippen MR) is 71.6 cm³/mol. The Morgan fingerprint density at radius 3 is 2.53 bits per heavy atom. The Morgan fingerprint density at radius 1 is 1.41 bits per heavy atom. The second-order valence-corrected chi connectivity index (χ2v) is 6.38. The largest absolute Gasteiger partial charge is 0.352 e. The van der Waals surface area contributed by atoms with Crippen LogP contribution in [-0.4, -0.2) is 18.5 Å². The number of hydrogen-bond acceptors (Lipinski definition) is 2. The zero-order valence-electron chi connectivity index (χ0n) is 11.8. The van der Waals surface area contributed by atoms with Crippen molar-refractivity contribution in [3.63, 3.8) is 0 Å². The Balaban J connectivity index is 2.62. The summed E-state index contributed by atoms with van der Waals surface area (Å²) in [6.45, 7) is 9.15. The Hall–Kier alpha value is -0.570. The van der Waals surface area contributed by atoms with Gasteiger partial charge >= 0.3 is 0 Å². The highest BCUT2D eigenvalue weighted by molar-refractivity contribution is 5.79. The van der Waals surface area contributed by atoms with Gasteiger partial charge in [-0.25, -0.2) is 0 Å². The van der Waals surface area contributed by atoms with Crippen molar-refractivity contribution in [3.05, 3.63) is 0 Å². The smallest absolute Gasteiger partial charge is 0.223 e.